The summed E-state index contributed by atoms with van der Waals surface area (Å²) in [6.45, 7) is 2.12. The smallest absolute Gasteiger partial charge is 0.407 e. The van der Waals surface area contributed by atoms with Gasteiger partial charge in [-0.05, 0) is 12.5 Å². The molecular formula is C12H14N2O2. The van der Waals surface area contributed by atoms with Crippen LogP contribution in [0.1, 0.15) is 18.9 Å². The maximum atomic E-state index is 11.3. The summed E-state index contributed by atoms with van der Waals surface area (Å²) in [6, 6.07) is 11.5. The van der Waals surface area contributed by atoms with Crippen molar-refractivity contribution < 1.29 is 9.53 Å². The van der Waals surface area contributed by atoms with Crippen LogP contribution in [0.4, 0.5) is 4.79 Å². The first-order chi connectivity index (χ1) is 7.72. The highest BCUT2D eigenvalue weighted by Gasteiger charge is 2.07. The highest BCUT2D eigenvalue weighted by Crippen LogP contribution is 1.99. The van der Waals surface area contributed by atoms with Crippen LogP contribution in [0.25, 0.3) is 0 Å². The average Bonchev–Trinajstić information content (AvgIpc) is 2.28. The number of carbonyl (C=O) groups is 1. The second-order valence-electron chi connectivity index (χ2n) is 3.42. The molecule has 0 fully saturated rings. The number of nitrogens with zero attached hydrogens (tertiary/aromatic N) is 1. The van der Waals surface area contributed by atoms with Crippen molar-refractivity contribution in [1.82, 2.24) is 5.32 Å². The normalized spacial score (nSPS) is 11.2. The molecule has 0 aliphatic heterocycles. The molecule has 0 aromatic heterocycles. The minimum atomic E-state index is -0.494. The Hall–Kier alpha value is -2.02. The van der Waals surface area contributed by atoms with Crippen molar-refractivity contribution >= 4 is 6.09 Å². The number of benzene rings is 1. The number of amides is 1. The number of ether oxygens (including phenoxy) is 1. The first-order valence-electron chi connectivity index (χ1n) is 5.07. The van der Waals surface area contributed by atoms with Gasteiger partial charge in [0, 0.05) is 6.54 Å². The Bertz CT molecular complexity index is 370. The van der Waals surface area contributed by atoms with E-state index in [0.717, 1.165) is 5.56 Å². The van der Waals surface area contributed by atoms with Crippen molar-refractivity contribution in [2.45, 2.75) is 26.0 Å². The van der Waals surface area contributed by atoms with Crippen molar-refractivity contribution in [3.8, 4) is 6.07 Å². The molecule has 0 spiro atoms. The number of nitrogens with one attached hydrogen (secondary N) is 1. The van der Waals surface area contributed by atoms with Gasteiger partial charge in [0.1, 0.15) is 6.10 Å². The minimum absolute atomic E-state index is 0.207. The first-order valence-corrected chi connectivity index (χ1v) is 5.07. The van der Waals surface area contributed by atoms with Crippen LogP contribution in [-0.2, 0) is 11.3 Å². The molecule has 0 unspecified atom stereocenters. The van der Waals surface area contributed by atoms with Crippen LogP contribution >= 0.6 is 0 Å². The summed E-state index contributed by atoms with van der Waals surface area (Å²) in [5.74, 6) is 0. The lowest BCUT2D eigenvalue weighted by molar-refractivity contribution is 0.108. The van der Waals surface area contributed by atoms with Crippen molar-refractivity contribution in [2.24, 2.45) is 0 Å². The predicted octanol–water partition coefficient (Wildman–Crippen LogP) is 2.21. The molecule has 1 aromatic carbocycles. The fraction of sp³-hybridized carbons (Fsp3) is 0.333. The molecule has 16 heavy (non-hydrogen) atoms. The van der Waals surface area contributed by atoms with E-state index in [0.29, 0.717) is 6.54 Å². The van der Waals surface area contributed by atoms with Gasteiger partial charge in [-0.1, -0.05) is 30.3 Å². The van der Waals surface area contributed by atoms with Crippen LogP contribution in [-0.4, -0.2) is 12.2 Å². The number of hydrogen-bond donors (Lipinski definition) is 1. The molecule has 0 radical (unpaired) electrons. The van der Waals surface area contributed by atoms with E-state index in [4.69, 9.17) is 10.00 Å². The van der Waals surface area contributed by atoms with Gasteiger partial charge in [0.15, 0.2) is 0 Å². The highest BCUT2D eigenvalue weighted by atomic mass is 16.6. The van der Waals surface area contributed by atoms with Crippen LogP contribution in [0.5, 0.6) is 0 Å². The fourth-order valence-electron chi connectivity index (χ4n) is 1.16. The molecule has 0 heterocycles. The van der Waals surface area contributed by atoms with E-state index in [1.807, 2.05) is 36.4 Å². The van der Waals surface area contributed by atoms with E-state index in [-0.39, 0.29) is 12.5 Å². The molecular weight excluding hydrogens is 204 g/mol. The van der Waals surface area contributed by atoms with Gasteiger partial charge in [-0.3, -0.25) is 0 Å². The van der Waals surface area contributed by atoms with Crippen molar-refractivity contribution in [3.63, 3.8) is 0 Å². The Morgan fingerprint density at radius 3 is 2.81 bits per heavy atom. The standard InChI is InChI=1S/C12H14N2O2/c1-10(7-8-13)16-12(15)14-9-11-5-3-2-4-6-11/h2-6,10H,7,9H2,1H3,(H,14,15)/t10-/m0/s1. The average molecular weight is 218 g/mol. The third-order valence-corrected chi connectivity index (χ3v) is 1.97. The number of rotatable bonds is 4. The van der Waals surface area contributed by atoms with Gasteiger partial charge in [0.25, 0.3) is 0 Å². The van der Waals surface area contributed by atoms with E-state index < -0.39 is 6.09 Å². The summed E-state index contributed by atoms with van der Waals surface area (Å²) < 4.78 is 4.94. The molecule has 1 rings (SSSR count). The minimum Gasteiger partial charge on any atom is -0.445 e. The van der Waals surface area contributed by atoms with Gasteiger partial charge < -0.3 is 10.1 Å². The topological polar surface area (TPSA) is 62.1 Å². The Balaban J connectivity index is 2.28. The second kappa shape index (κ2) is 6.46. The van der Waals surface area contributed by atoms with Crippen LogP contribution in [0.2, 0.25) is 0 Å². The van der Waals surface area contributed by atoms with Crippen LogP contribution in [0.15, 0.2) is 30.3 Å². The van der Waals surface area contributed by atoms with Gasteiger partial charge >= 0.3 is 6.09 Å². The zero-order valence-corrected chi connectivity index (χ0v) is 9.14. The fourth-order valence-corrected chi connectivity index (χ4v) is 1.16. The molecule has 0 saturated carbocycles. The Kier molecular flexibility index (Phi) is 4.87. The Labute approximate surface area is 94.8 Å². The molecule has 84 valence electrons. The molecule has 1 aromatic rings. The molecule has 0 bridgehead atoms. The van der Waals surface area contributed by atoms with Gasteiger partial charge in [-0.25, -0.2) is 4.79 Å². The quantitative estimate of drug-likeness (QED) is 0.842. The molecule has 1 N–H and O–H groups in total. The third-order valence-electron chi connectivity index (χ3n) is 1.97. The lowest BCUT2D eigenvalue weighted by Gasteiger charge is -2.10. The molecule has 1 atom stereocenters. The largest absolute Gasteiger partial charge is 0.445 e. The van der Waals surface area contributed by atoms with Gasteiger partial charge in [-0.2, -0.15) is 5.26 Å². The van der Waals surface area contributed by atoms with Crippen LogP contribution < -0.4 is 5.32 Å². The molecule has 0 saturated heterocycles. The number of carbonyl (C=O) groups excluding carboxylic acids is 1. The summed E-state index contributed by atoms with van der Waals surface area (Å²) in [4.78, 5) is 11.3. The molecule has 4 heteroatoms. The molecule has 0 aliphatic carbocycles. The lowest BCUT2D eigenvalue weighted by atomic mass is 10.2. The SMILES string of the molecule is C[C@@H](CC#N)OC(=O)NCc1ccccc1. The summed E-state index contributed by atoms with van der Waals surface area (Å²) in [5.41, 5.74) is 1.01. The van der Waals surface area contributed by atoms with E-state index in [2.05, 4.69) is 5.32 Å². The van der Waals surface area contributed by atoms with Crippen molar-refractivity contribution in [1.29, 1.82) is 5.26 Å². The van der Waals surface area contributed by atoms with E-state index >= 15 is 0 Å². The first kappa shape index (κ1) is 12.1. The predicted molar refractivity (Wildman–Crippen MR) is 59.5 cm³/mol. The van der Waals surface area contributed by atoms with E-state index in [1.54, 1.807) is 6.92 Å². The van der Waals surface area contributed by atoms with Gasteiger partial charge in [-0.15, -0.1) is 0 Å². The number of nitriles is 1. The molecule has 4 nitrogen and oxygen atoms in total. The summed E-state index contributed by atoms with van der Waals surface area (Å²) in [7, 11) is 0. The highest BCUT2D eigenvalue weighted by molar-refractivity contribution is 5.67. The zero-order chi connectivity index (χ0) is 11.8. The summed E-state index contributed by atoms with van der Waals surface area (Å²) >= 11 is 0. The van der Waals surface area contributed by atoms with E-state index in [9.17, 15) is 4.79 Å². The lowest BCUT2D eigenvalue weighted by Crippen LogP contribution is -2.27. The third kappa shape index (κ3) is 4.47. The maximum Gasteiger partial charge on any atom is 0.407 e. The second-order valence-corrected chi connectivity index (χ2v) is 3.42. The monoisotopic (exact) mass is 218 g/mol. The molecule has 1 amide bonds. The van der Waals surface area contributed by atoms with Crippen LogP contribution in [0.3, 0.4) is 0 Å². The Morgan fingerprint density at radius 2 is 2.19 bits per heavy atom. The number of alkyl carbamates (subject to hydrolysis) is 1. The van der Waals surface area contributed by atoms with Gasteiger partial charge in [0.2, 0.25) is 0 Å². The van der Waals surface area contributed by atoms with E-state index in [1.165, 1.54) is 0 Å². The molecule has 0 aliphatic rings. The Morgan fingerprint density at radius 1 is 1.50 bits per heavy atom. The summed E-state index contributed by atoms with van der Waals surface area (Å²) in [6.07, 6.45) is -0.661. The number of hydrogen-bond acceptors (Lipinski definition) is 3. The zero-order valence-electron chi connectivity index (χ0n) is 9.14. The summed E-state index contributed by atoms with van der Waals surface area (Å²) in [5, 5.41) is 11.0. The van der Waals surface area contributed by atoms with Crippen molar-refractivity contribution in [2.75, 3.05) is 0 Å². The van der Waals surface area contributed by atoms with Crippen LogP contribution in [0, 0.1) is 11.3 Å². The van der Waals surface area contributed by atoms with Crippen molar-refractivity contribution in [3.05, 3.63) is 35.9 Å². The maximum absolute atomic E-state index is 11.3. The van der Waals surface area contributed by atoms with Gasteiger partial charge in [0.05, 0.1) is 12.5 Å².